The molecule has 0 saturated heterocycles. The van der Waals surface area contributed by atoms with Crippen LogP contribution in [-0.2, 0) is 4.79 Å². The number of hydrogen-bond acceptors (Lipinski definition) is 2. The Balaban J connectivity index is 2.64. The van der Waals surface area contributed by atoms with E-state index in [1.807, 2.05) is 4.90 Å². The molecule has 1 saturated carbocycles. The van der Waals surface area contributed by atoms with Gasteiger partial charge in [0.15, 0.2) is 0 Å². The van der Waals surface area contributed by atoms with Gasteiger partial charge in [0.25, 0.3) is 0 Å². The summed E-state index contributed by atoms with van der Waals surface area (Å²) in [6, 6.07) is 2.50. The van der Waals surface area contributed by atoms with E-state index in [-0.39, 0.29) is 5.91 Å². The predicted octanol–water partition coefficient (Wildman–Crippen LogP) is 2.57. The zero-order valence-electron chi connectivity index (χ0n) is 10.8. The van der Waals surface area contributed by atoms with Gasteiger partial charge in [-0.05, 0) is 39.0 Å². The zero-order valence-corrected chi connectivity index (χ0v) is 10.8. The molecule has 0 spiro atoms. The SMILES string of the molecule is CC(C)CCN(C(=O)C(C)(C)C#N)C1CC1. The van der Waals surface area contributed by atoms with E-state index in [2.05, 4.69) is 19.9 Å². The Bertz CT molecular complexity index is 298. The molecule has 0 bridgehead atoms. The van der Waals surface area contributed by atoms with Gasteiger partial charge in [0.05, 0.1) is 6.07 Å². The van der Waals surface area contributed by atoms with Crippen LogP contribution in [0.2, 0.25) is 0 Å². The second-order valence-corrected chi connectivity index (χ2v) is 5.65. The first kappa shape index (κ1) is 13.0. The van der Waals surface area contributed by atoms with E-state index in [1.165, 1.54) is 0 Å². The monoisotopic (exact) mass is 222 g/mol. The quantitative estimate of drug-likeness (QED) is 0.717. The Morgan fingerprint density at radius 2 is 2.06 bits per heavy atom. The Kier molecular flexibility index (Phi) is 3.96. The van der Waals surface area contributed by atoms with Gasteiger partial charge in [0.1, 0.15) is 5.41 Å². The van der Waals surface area contributed by atoms with E-state index in [4.69, 9.17) is 5.26 Å². The van der Waals surface area contributed by atoms with E-state index in [1.54, 1.807) is 13.8 Å². The van der Waals surface area contributed by atoms with Crippen LogP contribution in [-0.4, -0.2) is 23.4 Å². The van der Waals surface area contributed by atoms with Crippen LogP contribution in [0.25, 0.3) is 0 Å². The van der Waals surface area contributed by atoms with Gasteiger partial charge < -0.3 is 4.90 Å². The molecule has 0 aliphatic heterocycles. The number of nitrogens with zero attached hydrogens (tertiary/aromatic N) is 2. The molecule has 1 aliphatic carbocycles. The molecule has 16 heavy (non-hydrogen) atoms. The van der Waals surface area contributed by atoms with E-state index >= 15 is 0 Å². The molecule has 0 atom stereocenters. The molecule has 1 amide bonds. The minimum absolute atomic E-state index is 0.00171. The van der Waals surface area contributed by atoms with Gasteiger partial charge >= 0.3 is 0 Å². The van der Waals surface area contributed by atoms with Crippen LogP contribution in [0.4, 0.5) is 0 Å². The zero-order chi connectivity index (χ0) is 12.3. The van der Waals surface area contributed by atoms with Gasteiger partial charge in [-0.2, -0.15) is 5.26 Å². The fourth-order valence-corrected chi connectivity index (χ4v) is 1.64. The van der Waals surface area contributed by atoms with Crippen molar-refractivity contribution in [2.45, 2.75) is 53.0 Å². The molecule has 1 aliphatic rings. The Morgan fingerprint density at radius 1 is 1.50 bits per heavy atom. The molecule has 0 heterocycles. The van der Waals surface area contributed by atoms with Gasteiger partial charge in [0, 0.05) is 12.6 Å². The predicted molar refractivity (Wildman–Crippen MR) is 63.6 cm³/mol. The fourth-order valence-electron chi connectivity index (χ4n) is 1.64. The van der Waals surface area contributed by atoms with Crippen molar-refractivity contribution in [3.8, 4) is 6.07 Å². The summed E-state index contributed by atoms with van der Waals surface area (Å²) in [6.07, 6.45) is 3.22. The van der Waals surface area contributed by atoms with Crippen LogP contribution in [0.3, 0.4) is 0 Å². The van der Waals surface area contributed by atoms with Crippen LogP contribution < -0.4 is 0 Å². The molecule has 0 aromatic rings. The first-order valence-corrected chi connectivity index (χ1v) is 6.11. The van der Waals surface area contributed by atoms with Gasteiger partial charge in [-0.3, -0.25) is 4.79 Å². The van der Waals surface area contributed by atoms with Crippen molar-refractivity contribution < 1.29 is 4.79 Å². The Morgan fingerprint density at radius 3 is 2.44 bits per heavy atom. The number of rotatable bonds is 5. The van der Waals surface area contributed by atoms with E-state index in [9.17, 15) is 4.79 Å². The van der Waals surface area contributed by atoms with Crippen molar-refractivity contribution in [3.63, 3.8) is 0 Å². The molecular formula is C13H22N2O. The molecule has 0 aromatic carbocycles. The molecular weight excluding hydrogens is 200 g/mol. The maximum Gasteiger partial charge on any atom is 0.242 e. The smallest absolute Gasteiger partial charge is 0.242 e. The number of carbonyl (C=O) groups excluding carboxylic acids is 1. The van der Waals surface area contributed by atoms with Crippen molar-refractivity contribution >= 4 is 5.91 Å². The molecule has 0 aromatic heterocycles. The van der Waals surface area contributed by atoms with Crippen LogP contribution in [0.1, 0.15) is 47.0 Å². The van der Waals surface area contributed by atoms with Gasteiger partial charge in [-0.1, -0.05) is 13.8 Å². The summed E-state index contributed by atoms with van der Waals surface area (Å²) >= 11 is 0. The highest BCUT2D eigenvalue weighted by atomic mass is 16.2. The highest BCUT2D eigenvalue weighted by Gasteiger charge is 2.39. The second-order valence-electron chi connectivity index (χ2n) is 5.65. The third kappa shape index (κ3) is 3.23. The van der Waals surface area contributed by atoms with Crippen molar-refractivity contribution in [2.75, 3.05) is 6.54 Å². The number of hydrogen-bond donors (Lipinski definition) is 0. The number of amides is 1. The average Bonchev–Trinajstić information content (AvgIpc) is 3.01. The third-order valence-corrected chi connectivity index (χ3v) is 3.01. The molecule has 3 nitrogen and oxygen atoms in total. The number of nitriles is 1. The van der Waals surface area contributed by atoms with Crippen LogP contribution in [0.5, 0.6) is 0 Å². The van der Waals surface area contributed by atoms with Crippen molar-refractivity contribution in [1.82, 2.24) is 4.90 Å². The van der Waals surface area contributed by atoms with Crippen LogP contribution >= 0.6 is 0 Å². The Labute approximate surface area is 98.4 Å². The maximum atomic E-state index is 12.2. The van der Waals surface area contributed by atoms with E-state index in [0.29, 0.717) is 12.0 Å². The summed E-state index contributed by atoms with van der Waals surface area (Å²) < 4.78 is 0. The van der Waals surface area contributed by atoms with Crippen LogP contribution in [0.15, 0.2) is 0 Å². The van der Waals surface area contributed by atoms with Crippen molar-refractivity contribution in [1.29, 1.82) is 5.26 Å². The topological polar surface area (TPSA) is 44.1 Å². The fraction of sp³-hybridized carbons (Fsp3) is 0.846. The lowest BCUT2D eigenvalue weighted by Crippen LogP contribution is -2.42. The first-order chi connectivity index (χ1) is 7.38. The second kappa shape index (κ2) is 4.86. The van der Waals surface area contributed by atoms with E-state index in [0.717, 1.165) is 25.8 Å². The van der Waals surface area contributed by atoms with Crippen molar-refractivity contribution in [2.24, 2.45) is 11.3 Å². The highest BCUT2D eigenvalue weighted by molar-refractivity contribution is 5.85. The molecule has 1 fully saturated rings. The largest absolute Gasteiger partial charge is 0.338 e. The lowest BCUT2D eigenvalue weighted by atomic mass is 9.93. The minimum atomic E-state index is -0.875. The summed E-state index contributed by atoms with van der Waals surface area (Å²) in [7, 11) is 0. The minimum Gasteiger partial charge on any atom is -0.338 e. The molecule has 3 heteroatoms. The van der Waals surface area contributed by atoms with E-state index < -0.39 is 5.41 Å². The van der Waals surface area contributed by atoms with Gasteiger partial charge in [-0.25, -0.2) is 0 Å². The van der Waals surface area contributed by atoms with Gasteiger partial charge in [0.2, 0.25) is 5.91 Å². The van der Waals surface area contributed by atoms with Gasteiger partial charge in [-0.15, -0.1) is 0 Å². The lowest BCUT2D eigenvalue weighted by molar-refractivity contribution is -0.138. The standard InChI is InChI=1S/C13H22N2O/c1-10(2)7-8-15(11-5-6-11)12(16)13(3,4)9-14/h10-11H,5-8H2,1-4H3. The summed E-state index contributed by atoms with van der Waals surface area (Å²) in [5.74, 6) is 0.595. The summed E-state index contributed by atoms with van der Waals surface area (Å²) in [6.45, 7) is 8.53. The first-order valence-electron chi connectivity index (χ1n) is 6.11. The van der Waals surface area contributed by atoms with Crippen LogP contribution in [0, 0.1) is 22.7 Å². The molecule has 0 N–H and O–H groups in total. The highest BCUT2D eigenvalue weighted by Crippen LogP contribution is 2.31. The average molecular weight is 222 g/mol. The summed E-state index contributed by atoms with van der Waals surface area (Å²) in [4.78, 5) is 14.1. The Hall–Kier alpha value is -1.04. The molecule has 90 valence electrons. The third-order valence-electron chi connectivity index (χ3n) is 3.01. The number of carbonyl (C=O) groups is 1. The van der Waals surface area contributed by atoms with Crippen molar-refractivity contribution in [3.05, 3.63) is 0 Å². The lowest BCUT2D eigenvalue weighted by Gasteiger charge is -2.28. The normalized spacial score (nSPS) is 16.0. The molecule has 0 radical (unpaired) electrons. The summed E-state index contributed by atoms with van der Waals surface area (Å²) in [5, 5.41) is 9.00. The molecule has 1 rings (SSSR count). The maximum absolute atomic E-state index is 12.2. The molecule has 0 unspecified atom stereocenters. The summed E-state index contributed by atoms with van der Waals surface area (Å²) in [5.41, 5.74) is -0.875.